The van der Waals surface area contributed by atoms with Crippen LogP contribution in [0.4, 0.5) is 17.6 Å². The molecule has 0 saturated heterocycles. The average Bonchev–Trinajstić information content (AvgIpc) is 2.57. The molecule has 1 aliphatic carbocycles. The Morgan fingerprint density at radius 1 is 1.27 bits per heavy atom. The summed E-state index contributed by atoms with van der Waals surface area (Å²) in [4.78, 5) is 15.3. The topological polar surface area (TPSA) is 104 Å². The average molecular weight is 351 g/mol. The third-order valence-corrected chi connectivity index (χ3v) is 4.74. The van der Waals surface area contributed by atoms with Crippen molar-refractivity contribution in [2.45, 2.75) is 39.2 Å². The van der Waals surface area contributed by atoms with Gasteiger partial charge >= 0.3 is 0 Å². The molecule has 0 atom stereocenters. The van der Waals surface area contributed by atoms with Crippen LogP contribution in [0.2, 0.25) is 0 Å². The lowest BCUT2D eigenvalue weighted by Gasteiger charge is -2.31. The lowest BCUT2D eigenvalue weighted by Crippen LogP contribution is -2.33. The molecule has 0 radical (unpaired) electrons. The SMILES string of the molecule is Cc1ccccc1Nc1nc(N)nc(CN(CCC#N)CC2CCC2)n1. The highest BCUT2D eigenvalue weighted by molar-refractivity contribution is 5.58. The Morgan fingerprint density at radius 3 is 2.77 bits per heavy atom. The molecule has 1 aromatic carbocycles. The first-order valence-electron chi connectivity index (χ1n) is 9.06. The summed E-state index contributed by atoms with van der Waals surface area (Å²) in [5.74, 6) is 2.00. The summed E-state index contributed by atoms with van der Waals surface area (Å²) < 4.78 is 0. The Morgan fingerprint density at radius 2 is 2.08 bits per heavy atom. The molecular formula is C19H25N7. The van der Waals surface area contributed by atoms with Gasteiger partial charge in [0.2, 0.25) is 11.9 Å². The highest BCUT2D eigenvalue weighted by atomic mass is 15.2. The van der Waals surface area contributed by atoms with Gasteiger partial charge in [-0.05, 0) is 37.3 Å². The number of nitrogens with zero attached hydrogens (tertiary/aromatic N) is 5. The van der Waals surface area contributed by atoms with Gasteiger partial charge in [-0.25, -0.2) is 0 Å². The Kier molecular flexibility index (Phi) is 5.97. The molecule has 0 unspecified atom stereocenters. The van der Waals surface area contributed by atoms with Crippen molar-refractivity contribution < 1.29 is 0 Å². The minimum Gasteiger partial charge on any atom is -0.368 e. The molecule has 1 fully saturated rings. The van der Waals surface area contributed by atoms with E-state index in [-0.39, 0.29) is 5.95 Å². The molecule has 3 N–H and O–H groups in total. The highest BCUT2D eigenvalue weighted by Gasteiger charge is 2.21. The number of nitrogens with two attached hydrogens (primary N) is 1. The standard InChI is InChI=1S/C19H25N7/c1-14-6-2-3-9-16(14)22-19-24-17(23-18(21)25-19)13-26(11-5-10-20)12-15-7-4-8-15/h2-3,6,9,15H,4-5,7-8,11-13H2,1H3,(H3,21,22,23,24,25). The molecule has 7 heteroatoms. The maximum atomic E-state index is 8.92. The lowest BCUT2D eigenvalue weighted by molar-refractivity contribution is 0.171. The number of hydrogen-bond acceptors (Lipinski definition) is 7. The second-order valence-corrected chi connectivity index (χ2v) is 6.81. The first-order chi connectivity index (χ1) is 12.6. The van der Waals surface area contributed by atoms with Crippen molar-refractivity contribution in [2.24, 2.45) is 5.92 Å². The van der Waals surface area contributed by atoms with Crippen molar-refractivity contribution in [2.75, 3.05) is 24.1 Å². The van der Waals surface area contributed by atoms with Crippen molar-refractivity contribution in [1.29, 1.82) is 5.26 Å². The van der Waals surface area contributed by atoms with Crippen LogP contribution in [0.1, 0.15) is 37.1 Å². The third kappa shape index (κ3) is 4.90. The number of benzene rings is 1. The largest absolute Gasteiger partial charge is 0.368 e. The molecular weight excluding hydrogens is 326 g/mol. The number of aromatic nitrogens is 3. The first-order valence-corrected chi connectivity index (χ1v) is 9.06. The third-order valence-electron chi connectivity index (χ3n) is 4.74. The summed E-state index contributed by atoms with van der Waals surface area (Å²) in [6.45, 7) is 4.30. The zero-order chi connectivity index (χ0) is 18.4. The zero-order valence-corrected chi connectivity index (χ0v) is 15.1. The minimum atomic E-state index is 0.204. The molecule has 2 aromatic rings. The minimum absolute atomic E-state index is 0.204. The second kappa shape index (κ2) is 8.59. The molecule has 3 rings (SSSR count). The number of hydrogen-bond donors (Lipinski definition) is 2. The number of aryl methyl sites for hydroxylation is 1. The van der Waals surface area contributed by atoms with Crippen molar-refractivity contribution >= 4 is 17.6 Å². The van der Waals surface area contributed by atoms with E-state index >= 15 is 0 Å². The van der Waals surface area contributed by atoms with Gasteiger partial charge in [-0.3, -0.25) is 4.90 Å². The number of rotatable bonds is 8. The number of nitrogen functional groups attached to an aromatic ring is 1. The maximum absolute atomic E-state index is 8.92. The van der Waals surface area contributed by atoms with Crippen LogP contribution in [0.25, 0.3) is 0 Å². The van der Waals surface area contributed by atoms with Gasteiger partial charge in [-0.1, -0.05) is 24.6 Å². The Labute approximate surface area is 154 Å². The second-order valence-electron chi connectivity index (χ2n) is 6.81. The molecule has 136 valence electrons. The molecule has 1 heterocycles. The van der Waals surface area contributed by atoms with Crippen LogP contribution in [-0.4, -0.2) is 32.9 Å². The van der Waals surface area contributed by atoms with E-state index in [9.17, 15) is 0 Å². The van der Waals surface area contributed by atoms with Crippen LogP contribution in [0.5, 0.6) is 0 Å². The van der Waals surface area contributed by atoms with Gasteiger partial charge < -0.3 is 11.1 Å². The Hall–Kier alpha value is -2.72. The molecule has 1 aliphatic rings. The first kappa shape index (κ1) is 18.1. The van der Waals surface area contributed by atoms with Crippen LogP contribution in [0, 0.1) is 24.2 Å². The molecule has 0 amide bonds. The number of anilines is 3. The van der Waals surface area contributed by atoms with Crippen LogP contribution < -0.4 is 11.1 Å². The van der Waals surface area contributed by atoms with Gasteiger partial charge in [0.05, 0.1) is 12.6 Å². The maximum Gasteiger partial charge on any atom is 0.232 e. The van der Waals surface area contributed by atoms with E-state index < -0.39 is 0 Å². The number of para-hydroxylation sites is 1. The van der Waals surface area contributed by atoms with Gasteiger partial charge in [0.1, 0.15) is 5.82 Å². The zero-order valence-electron chi connectivity index (χ0n) is 15.1. The molecule has 26 heavy (non-hydrogen) atoms. The van der Waals surface area contributed by atoms with Gasteiger partial charge in [0.25, 0.3) is 0 Å². The fourth-order valence-electron chi connectivity index (χ4n) is 3.08. The van der Waals surface area contributed by atoms with Crippen LogP contribution in [0.15, 0.2) is 24.3 Å². The molecule has 1 saturated carbocycles. The summed E-state index contributed by atoms with van der Waals surface area (Å²) in [5, 5.41) is 12.1. The predicted molar refractivity (Wildman–Crippen MR) is 102 cm³/mol. The van der Waals surface area contributed by atoms with Crippen LogP contribution in [0.3, 0.4) is 0 Å². The summed E-state index contributed by atoms with van der Waals surface area (Å²) in [5.41, 5.74) is 7.94. The van der Waals surface area contributed by atoms with E-state index in [4.69, 9.17) is 11.0 Å². The predicted octanol–water partition coefficient (Wildman–Crippen LogP) is 3.02. The molecule has 0 spiro atoms. The van der Waals surface area contributed by atoms with E-state index in [2.05, 4.69) is 31.2 Å². The summed E-state index contributed by atoms with van der Waals surface area (Å²) >= 11 is 0. The fraction of sp³-hybridized carbons (Fsp3) is 0.474. The van der Waals surface area contributed by atoms with E-state index in [1.54, 1.807) is 0 Å². The quantitative estimate of drug-likeness (QED) is 0.753. The summed E-state index contributed by atoms with van der Waals surface area (Å²) in [6, 6.07) is 10.2. The van der Waals surface area contributed by atoms with E-state index in [0.717, 1.165) is 30.3 Å². The van der Waals surface area contributed by atoms with Crippen LogP contribution in [-0.2, 0) is 6.54 Å². The Balaban J connectivity index is 1.72. The molecule has 7 nitrogen and oxygen atoms in total. The molecule has 0 aliphatic heterocycles. The smallest absolute Gasteiger partial charge is 0.232 e. The lowest BCUT2D eigenvalue weighted by atomic mass is 9.85. The summed E-state index contributed by atoms with van der Waals surface area (Å²) in [7, 11) is 0. The van der Waals surface area contributed by atoms with Crippen LogP contribution >= 0.6 is 0 Å². The molecule has 1 aromatic heterocycles. The number of nitrogens with one attached hydrogen (secondary N) is 1. The normalized spacial score (nSPS) is 14.0. The van der Waals surface area contributed by atoms with E-state index in [1.165, 1.54) is 19.3 Å². The number of nitriles is 1. The van der Waals surface area contributed by atoms with Gasteiger partial charge in [-0.15, -0.1) is 0 Å². The van der Waals surface area contributed by atoms with Crippen molar-refractivity contribution in [1.82, 2.24) is 19.9 Å². The van der Waals surface area contributed by atoms with Gasteiger partial charge in [-0.2, -0.15) is 20.2 Å². The fourth-order valence-corrected chi connectivity index (χ4v) is 3.08. The highest BCUT2D eigenvalue weighted by Crippen LogP contribution is 2.27. The Bertz CT molecular complexity index is 780. The van der Waals surface area contributed by atoms with Gasteiger partial charge in [0.15, 0.2) is 0 Å². The van der Waals surface area contributed by atoms with E-state index in [0.29, 0.717) is 24.7 Å². The monoisotopic (exact) mass is 351 g/mol. The van der Waals surface area contributed by atoms with Crippen molar-refractivity contribution in [3.63, 3.8) is 0 Å². The van der Waals surface area contributed by atoms with E-state index in [1.807, 2.05) is 31.2 Å². The van der Waals surface area contributed by atoms with Crippen molar-refractivity contribution in [3.05, 3.63) is 35.7 Å². The van der Waals surface area contributed by atoms with Gasteiger partial charge in [0, 0.05) is 25.2 Å². The molecule has 0 bridgehead atoms. The summed E-state index contributed by atoms with van der Waals surface area (Å²) in [6.07, 6.45) is 4.34. The van der Waals surface area contributed by atoms with Crippen molar-refractivity contribution in [3.8, 4) is 6.07 Å².